The van der Waals surface area contributed by atoms with E-state index in [0.717, 1.165) is 5.56 Å². The van der Waals surface area contributed by atoms with Gasteiger partial charge in [-0.15, -0.1) is 0 Å². The number of oxazole rings is 2. The summed E-state index contributed by atoms with van der Waals surface area (Å²) in [5.74, 6) is -0.00517. The lowest BCUT2D eigenvalue weighted by atomic mass is 9.69. The van der Waals surface area contributed by atoms with E-state index >= 15 is 0 Å². The van der Waals surface area contributed by atoms with Gasteiger partial charge in [0.25, 0.3) is 5.89 Å². The number of aliphatic hydroxyl groups is 1. The highest BCUT2D eigenvalue weighted by molar-refractivity contribution is 6.37. The summed E-state index contributed by atoms with van der Waals surface area (Å²) in [6.07, 6.45) is -1.49. The van der Waals surface area contributed by atoms with Crippen LogP contribution in [0.1, 0.15) is 48.2 Å². The molecule has 3 aliphatic rings. The summed E-state index contributed by atoms with van der Waals surface area (Å²) in [7, 11) is 1.74. The van der Waals surface area contributed by atoms with Gasteiger partial charge in [-0.05, 0) is 35.0 Å². The maximum Gasteiger partial charge on any atom is 0.250 e. The number of aromatic amines is 1. The Morgan fingerprint density at radius 1 is 1.08 bits per heavy atom. The van der Waals surface area contributed by atoms with Crippen molar-refractivity contribution in [1.29, 1.82) is 0 Å². The molecule has 0 saturated carbocycles. The number of carbonyl (C=O) groups excluding carboxylic acids is 1. The largest absolute Gasteiger partial charge is 0.508 e. The van der Waals surface area contributed by atoms with Crippen molar-refractivity contribution in [3.8, 4) is 45.5 Å². The van der Waals surface area contributed by atoms with Crippen molar-refractivity contribution in [2.75, 3.05) is 0 Å². The van der Waals surface area contributed by atoms with Crippen molar-refractivity contribution in [2.45, 2.75) is 44.1 Å². The van der Waals surface area contributed by atoms with Gasteiger partial charge in [-0.25, -0.2) is 4.98 Å². The molecule has 6 aromatic rings. The van der Waals surface area contributed by atoms with Gasteiger partial charge in [0, 0.05) is 27.6 Å². The van der Waals surface area contributed by atoms with Gasteiger partial charge in [-0.2, -0.15) is 4.98 Å². The summed E-state index contributed by atoms with van der Waals surface area (Å²) < 4.78 is 19.7. The summed E-state index contributed by atoms with van der Waals surface area (Å²) in [6, 6.07) is 13.1. The highest BCUT2D eigenvalue weighted by atomic mass is 35.5. The number of nitrogens with zero attached hydrogens (tertiary/aromatic N) is 2. The molecule has 11 nitrogen and oxygen atoms in total. The standard InChI is InChI=1S/C35H28BCl2N5O6/c1-12(2)23-32-42-24-28(49-32)35(17-9-13(10-18(36)25(17)44)11-19(39)31(45)41-23)16-7-3-6-15(26(16)48-34(35)46)14-5-4-8-20-21(14)22(29(37)40-20)27-30(38)43-33(24)47-27/h3-10,12,19,23,34,40,44,46H,11,36,39H2,1-2H3,(H,41,45)/t19-,23-,34?,35-/m0/s1. The van der Waals surface area contributed by atoms with E-state index in [9.17, 15) is 15.0 Å². The number of amides is 1. The van der Waals surface area contributed by atoms with Crippen LogP contribution in [0, 0.1) is 5.92 Å². The summed E-state index contributed by atoms with van der Waals surface area (Å²) in [4.78, 5) is 26.2. The molecule has 14 heteroatoms. The Morgan fingerprint density at radius 2 is 1.86 bits per heavy atom. The van der Waals surface area contributed by atoms with Crippen LogP contribution >= 0.6 is 23.2 Å². The fourth-order valence-electron chi connectivity index (χ4n) is 7.64. The number of hydrogen-bond acceptors (Lipinski definition) is 9. The third-order valence-corrected chi connectivity index (χ3v) is 10.5. The first-order valence-corrected chi connectivity index (χ1v) is 16.6. The molecular weight excluding hydrogens is 668 g/mol. The van der Waals surface area contributed by atoms with E-state index in [-0.39, 0.29) is 63.0 Å². The zero-order valence-electron chi connectivity index (χ0n) is 26.4. The number of H-pyrrole nitrogens is 1. The summed E-state index contributed by atoms with van der Waals surface area (Å²) in [5.41, 5.74) is 9.31. The molecular formula is C35H28BCl2N5O6. The van der Waals surface area contributed by atoms with Crippen LogP contribution in [-0.4, -0.2) is 51.3 Å². The first kappa shape index (κ1) is 30.3. The van der Waals surface area contributed by atoms with Gasteiger partial charge in [0.2, 0.25) is 18.1 Å². The number of aromatic nitrogens is 3. The van der Waals surface area contributed by atoms with Crippen molar-refractivity contribution >= 4 is 53.3 Å². The number of rotatable bonds is 1. The summed E-state index contributed by atoms with van der Waals surface area (Å²) >= 11 is 13.7. The van der Waals surface area contributed by atoms with Crippen molar-refractivity contribution in [3.05, 3.63) is 87.2 Å². The Labute approximate surface area is 289 Å². The van der Waals surface area contributed by atoms with Crippen molar-refractivity contribution in [3.63, 3.8) is 0 Å². The second kappa shape index (κ2) is 10.4. The predicted octanol–water partition coefficient (Wildman–Crippen LogP) is 4.47. The highest BCUT2D eigenvalue weighted by Crippen LogP contribution is 2.59. The Hall–Kier alpha value is -4.75. The molecule has 6 heterocycles. The molecule has 246 valence electrons. The van der Waals surface area contributed by atoms with Crippen LogP contribution in [0.2, 0.25) is 10.3 Å². The molecule has 3 aromatic heterocycles. The number of nitrogens with one attached hydrogen (secondary N) is 2. The highest BCUT2D eigenvalue weighted by Gasteiger charge is 2.58. The quantitative estimate of drug-likeness (QED) is 0.156. The molecule has 3 aromatic carbocycles. The van der Waals surface area contributed by atoms with Gasteiger partial charge in [0.1, 0.15) is 36.0 Å². The predicted molar refractivity (Wildman–Crippen MR) is 185 cm³/mol. The Kier molecular flexibility index (Phi) is 6.42. The number of phenolic OH excluding ortho intramolecular Hbond substituents is 1. The molecule has 1 amide bonds. The molecule has 0 radical (unpaired) electrons. The molecule has 3 aliphatic heterocycles. The number of ether oxygens (including phenoxy) is 1. The fourth-order valence-corrected chi connectivity index (χ4v) is 8.13. The van der Waals surface area contributed by atoms with E-state index in [1.165, 1.54) is 0 Å². The zero-order valence-corrected chi connectivity index (χ0v) is 27.9. The van der Waals surface area contributed by atoms with Crippen LogP contribution in [-0.2, 0) is 16.6 Å². The Balaban J connectivity index is 1.51. The lowest BCUT2D eigenvalue weighted by Crippen LogP contribution is -2.45. The van der Waals surface area contributed by atoms with Crippen LogP contribution < -0.4 is 21.3 Å². The Morgan fingerprint density at radius 3 is 2.65 bits per heavy atom. The minimum atomic E-state index is -1.72. The minimum absolute atomic E-state index is 0.0204. The molecule has 1 spiro atoms. The molecule has 0 saturated heterocycles. The van der Waals surface area contributed by atoms with E-state index in [4.69, 9.17) is 47.5 Å². The fraction of sp³-hybridized carbons (Fsp3) is 0.229. The molecule has 4 atom stereocenters. The van der Waals surface area contributed by atoms with E-state index in [2.05, 4.69) is 15.3 Å². The number of benzene rings is 3. The monoisotopic (exact) mass is 695 g/mol. The van der Waals surface area contributed by atoms with Crippen molar-refractivity contribution in [2.24, 2.45) is 11.7 Å². The van der Waals surface area contributed by atoms with Crippen molar-refractivity contribution < 1.29 is 28.6 Å². The van der Waals surface area contributed by atoms with Crippen LogP contribution in [0.4, 0.5) is 0 Å². The van der Waals surface area contributed by atoms with Gasteiger partial charge in [-0.3, -0.25) is 4.79 Å². The minimum Gasteiger partial charge on any atom is -0.508 e. The zero-order chi connectivity index (χ0) is 34.1. The van der Waals surface area contributed by atoms with Crippen molar-refractivity contribution in [1.82, 2.24) is 20.3 Å². The van der Waals surface area contributed by atoms with E-state index in [1.807, 2.05) is 50.2 Å². The van der Waals surface area contributed by atoms with Gasteiger partial charge >= 0.3 is 0 Å². The summed E-state index contributed by atoms with van der Waals surface area (Å²) in [5, 5.41) is 28.4. The topological polar surface area (TPSA) is 173 Å². The maximum absolute atomic E-state index is 13.5. The molecule has 9 rings (SSSR count). The molecule has 1 unspecified atom stereocenters. The number of aromatic hydroxyl groups is 1. The van der Waals surface area contributed by atoms with E-state index in [1.54, 1.807) is 20.0 Å². The number of halogens is 2. The number of carbonyl (C=O) groups is 1. The number of aliphatic hydroxyl groups excluding tert-OH is 1. The Bertz CT molecular complexity index is 2400. The smallest absolute Gasteiger partial charge is 0.250 e. The average molecular weight is 696 g/mol. The normalized spacial score (nSPS) is 22.2. The van der Waals surface area contributed by atoms with E-state index < -0.39 is 29.7 Å². The molecule has 10 bridgehead atoms. The molecule has 49 heavy (non-hydrogen) atoms. The first-order valence-electron chi connectivity index (χ1n) is 15.8. The average Bonchev–Trinajstić information content (AvgIpc) is 3.81. The lowest BCUT2D eigenvalue weighted by Gasteiger charge is -2.32. The number of para-hydroxylation sites is 1. The first-order chi connectivity index (χ1) is 23.5. The second-order valence-electron chi connectivity index (χ2n) is 13.2. The van der Waals surface area contributed by atoms with Crippen LogP contribution in [0.25, 0.3) is 44.9 Å². The molecule has 0 aliphatic carbocycles. The van der Waals surface area contributed by atoms with Gasteiger partial charge in [0.05, 0.1) is 11.6 Å². The van der Waals surface area contributed by atoms with Gasteiger partial charge in [-0.1, -0.05) is 79.5 Å². The van der Waals surface area contributed by atoms with Gasteiger partial charge < -0.3 is 39.8 Å². The van der Waals surface area contributed by atoms with E-state index in [0.29, 0.717) is 44.4 Å². The third-order valence-electron chi connectivity index (χ3n) is 9.93. The maximum atomic E-state index is 13.5. The number of phenols is 1. The molecule has 0 fully saturated rings. The lowest BCUT2D eigenvalue weighted by molar-refractivity contribution is -0.123. The van der Waals surface area contributed by atoms with Crippen LogP contribution in [0.3, 0.4) is 0 Å². The number of hydrogen-bond donors (Lipinski definition) is 5. The van der Waals surface area contributed by atoms with Crippen LogP contribution in [0.15, 0.2) is 57.4 Å². The summed E-state index contributed by atoms with van der Waals surface area (Å²) in [6.45, 7) is 3.82. The van der Waals surface area contributed by atoms with Crippen LogP contribution in [0.5, 0.6) is 11.5 Å². The SMILES string of the molecule is Bc1cc2cc(c1O)[C@]13c4cccc(c4OC1O)-c1cccc4[nH]c(Cl)c(c14)-c1oc(nc1Cl)-c1nc(oc13)[C@H](C(C)C)NC(=O)[C@@H](N)C2. The molecule has 6 N–H and O–H groups in total. The number of nitrogens with two attached hydrogens (primary N) is 1. The number of fused-ring (bicyclic) bond motifs is 8. The van der Waals surface area contributed by atoms with Gasteiger partial charge in [0.15, 0.2) is 22.4 Å². The third kappa shape index (κ3) is 4.02. The second-order valence-corrected chi connectivity index (χ2v) is 14.0.